The monoisotopic (exact) mass is 313 g/mol. The van der Waals surface area contributed by atoms with Gasteiger partial charge in [0.15, 0.2) is 0 Å². The van der Waals surface area contributed by atoms with Gasteiger partial charge in [0.2, 0.25) is 10.0 Å². The maximum absolute atomic E-state index is 12.8. The Morgan fingerprint density at radius 1 is 1.43 bits per heavy atom. The van der Waals surface area contributed by atoms with Crippen molar-refractivity contribution in [1.82, 2.24) is 9.62 Å². The Bertz CT molecular complexity index is 641. The summed E-state index contributed by atoms with van der Waals surface area (Å²) in [7, 11) is -3.72. The summed E-state index contributed by atoms with van der Waals surface area (Å²) in [5.74, 6) is 0. The van der Waals surface area contributed by atoms with Crippen LogP contribution >= 0.6 is 0 Å². The molecule has 0 aromatic heterocycles. The number of non-ortho nitro benzene ring substituents is 1. The van der Waals surface area contributed by atoms with Crippen molar-refractivity contribution in [2.24, 2.45) is 0 Å². The Balaban J connectivity index is 2.45. The summed E-state index contributed by atoms with van der Waals surface area (Å²) < 4.78 is 27.1. The number of nitrogens with one attached hydrogen (secondary N) is 1. The first kappa shape index (κ1) is 15.9. The molecule has 0 radical (unpaired) electrons. The fourth-order valence-electron chi connectivity index (χ4n) is 2.30. The van der Waals surface area contributed by atoms with E-state index in [1.165, 1.54) is 16.4 Å². The third-order valence-corrected chi connectivity index (χ3v) is 5.67. The number of benzene rings is 1. The minimum Gasteiger partial charge on any atom is -0.313 e. The predicted molar refractivity (Wildman–Crippen MR) is 78.7 cm³/mol. The Labute approximate surface area is 124 Å². The third-order valence-electron chi connectivity index (χ3n) is 3.58. The average Bonchev–Trinajstić information content (AvgIpc) is 2.36. The van der Waals surface area contributed by atoms with Gasteiger partial charge < -0.3 is 5.32 Å². The largest absolute Gasteiger partial charge is 0.313 e. The topological polar surface area (TPSA) is 92.6 Å². The highest BCUT2D eigenvalue weighted by Crippen LogP contribution is 2.26. The molecule has 1 aliphatic rings. The summed E-state index contributed by atoms with van der Waals surface area (Å²) in [5.41, 5.74) is 0.316. The van der Waals surface area contributed by atoms with Gasteiger partial charge in [0.05, 0.1) is 15.9 Å². The molecule has 0 saturated carbocycles. The van der Waals surface area contributed by atoms with E-state index < -0.39 is 14.9 Å². The highest BCUT2D eigenvalue weighted by molar-refractivity contribution is 7.89. The molecule has 1 saturated heterocycles. The van der Waals surface area contributed by atoms with Crippen molar-refractivity contribution < 1.29 is 13.3 Å². The summed E-state index contributed by atoms with van der Waals surface area (Å²) >= 11 is 0. The van der Waals surface area contributed by atoms with Gasteiger partial charge in [-0.25, -0.2) is 8.42 Å². The van der Waals surface area contributed by atoms with E-state index in [0.29, 0.717) is 31.6 Å². The summed E-state index contributed by atoms with van der Waals surface area (Å²) in [6.45, 7) is 5.21. The van der Waals surface area contributed by atoms with Crippen LogP contribution in [0.2, 0.25) is 0 Å². The molecular formula is C13H19N3O4S. The molecule has 1 aromatic carbocycles. The first-order valence-electron chi connectivity index (χ1n) is 6.85. The molecule has 1 heterocycles. The van der Waals surface area contributed by atoms with Gasteiger partial charge in [-0.15, -0.1) is 0 Å². The van der Waals surface area contributed by atoms with E-state index in [0.717, 1.165) is 6.07 Å². The maximum Gasteiger partial charge on any atom is 0.270 e. The van der Waals surface area contributed by atoms with Crippen LogP contribution in [0.25, 0.3) is 0 Å². The van der Waals surface area contributed by atoms with Crippen LogP contribution in [-0.4, -0.2) is 43.3 Å². The molecule has 0 amide bonds. The summed E-state index contributed by atoms with van der Waals surface area (Å²) in [6, 6.07) is 3.88. The lowest BCUT2D eigenvalue weighted by Gasteiger charge is -2.37. The van der Waals surface area contributed by atoms with Crippen molar-refractivity contribution in [3.05, 3.63) is 33.9 Å². The molecular weight excluding hydrogens is 294 g/mol. The lowest BCUT2D eigenvalue weighted by atomic mass is 10.2. The fraction of sp³-hybridized carbons (Fsp3) is 0.538. The van der Waals surface area contributed by atoms with E-state index in [1.807, 2.05) is 6.92 Å². The van der Waals surface area contributed by atoms with Crippen molar-refractivity contribution in [2.75, 3.05) is 19.6 Å². The van der Waals surface area contributed by atoms with Crippen LogP contribution in [0.3, 0.4) is 0 Å². The Hall–Kier alpha value is -1.51. The Morgan fingerprint density at radius 3 is 2.57 bits per heavy atom. The molecule has 0 bridgehead atoms. The summed E-state index contributed by atoms with van der Waals surface area (Å²) in [6.07, 6.45) is 0.698. The number of nitrogens with zero attached hydrogens (tertiary/aromatic N) is 2. The maximum atomic E-state index is 12.8. The number of aryl methyl sites for hydroxylation is 1. The van der Waals surface area contributed by atoms with Crippen LogP contribution < -0.4 is 5.32 Å². The number of hydrogen-bond donors (Lipinski definition) is 1. The molecule has 0 spiro atoms. The molecule has 21 heavy (non-hydrogen) atoms. The highest BCUT2D eigenvalue weighted by Gasteiger charge is 2.35. The molecule has 1 fully saturated rings. The minimum absolute atomic E-state index is 0.0250. The number of rotatable bonds is 6. The summed E-state index contributed by atoms with van der Waals surface area (Å²) in [5, 5.41) is 13.9. The highest BCUT2D eigenvalue weighted by atomic mass is 32.2. The molecule has 1 aromatic rings. The third kappa shape index (κ3) is 3.07. The zero-order valence-corrected chi connectivity index (χ0v) is 12.9. The molecule has 2 rings (SSSR count). The van der Waals surface area contributed by atoms with E-state index in [9.17, 15) is 18.5 Å². The SMILES string of the molecule is CCCN(C1CNC1)S(=O)(=O)c1cc([N+](=O)[O-])ccc1C. The molecule has 1 aliphatic heterocycles. The number of hydrogen-bond acceptors (Lipinski definition) is 5. The Kier molecular flexibility index (Phi) is 4.60. The molecule has 8 heteroatoms. The van der Waals surface area contributed by atoms with Crippen LogP contribution in [0.15, 0.2) is 23.1 Å². The Morgan fingerprint density at radius 2 is 2.10 bits per heavy atom. The van der Waals surface area contributed by atoms with E-state index in [1.54, 1.807) is 6.92 Å². The molecule has 116 valence electrons. The number of nitro benzene ring substituents is 1. The normalized spacial score (nSPS) is 16.0. The van der Waals surface area contributed by atoms with Crippen LogP contribution in [0.4, 0.5) is 5.69 Å². The van der Waals surface area contributed by atoms with E-state index >= 15 is 0 Å². The standard InChI is InChI=1S/C13H19N3O4S/c1-3-6-15(12-8-14-9-12)21(19,20)13-7-11(16(17)18)5-4-10(13)2/h4-5,7,12,14H,3,6,8-9H2,1-2H3. The van der Waals surface area contributed by atoms with Gasteiger partial charge in [0.25, 0.3) is 5.69 Å². The smallest absolute Gasteiger partial charge is 0.270 e. The minimum atomic E-state index is -3.72. The van der Waals surface area contributed by atoms with Gasteiger partial charge in [0, 0.05) is 31.8 Å². The van der Waals surface area contributed by atoms with Crippen molar-refractivity contribution in [1.29, 1.82) is 0 Å². The van der Waals surface area contributed by atoms with Gasteiger partial charge in [-0.05, 0) is 18.9 Å². The first-order valence-corrected chi connectivity index (χ1v) is 8.29. The molecule has 0 atom stereocenters. The summed E-state index contributed by atoms with van der Waals surface area (Å²) in [4.78, 5) is 10.3. The van der Waals surface area contributed by atoms with Gasteiger partial charge in [-0.2, -0.15) is 4.31 Å². The van der Waals surface area contributed by atoms with Gasteiger partial charge >= 0.3 is 0 Å². The lowest BCUT2D eigenvalue weighted by molar-refractivity contribution is -0.385. The number of nitro groups is 1. The predicted octanol–water partition coefficient (Wildman–Crippen LogP) is 1.28. The lowest BCUT2D eigenvalue weighted by Crippen LogP contribution is -2.58. The molecule has 0 unspecified atom stereocenters. The second-order valence-electron chi connectivity index (χ2n) is 5.13. The van der Waals surface area contributed by atoms with Crippen molar-refractivity contribution >= 4 is 15.7 Å². The van der Waals surface area contributed by atoms with E-state index in [-0.39, 0.29) is 16.6 Å². The first-order chi connectivity index (χ1) is 9.87. The van der Waals surface area contributed by atoms with Crippen LogP contribution in [0.5, 0.6) is 0 Å². The van der Waals surface area contributed by atoms with Crippen LogP contribution in [0, 0.1) is 17.0 Å². The van der Waals surface area contributed by atoms with E-state index in [2.05, 4.69) is 5.32 Å². The van der Waals surface area contributed by atoms with Crippen molar-refractivity contribution in [3.63, 3.8) is 0 Å². The average molecular weight is 313 g/mol. The van der Waals surface area contributed by atoms with Gasteiger partial charge in [-0.3, -0.25) is 10.1 Å². The van der Waals surface area contributed by atoms with Crippen LogP contribution in [0.1, 0.15) is 18.9 Å². The molecule has 0 aliphatic carbocycles. The van der Waals surface area contributed by atoms with Crippen molar-refractivity contribution in [2.45, 2.75) is 31.2 Å². The molecule has 7 nitrogen and oxygen atoms in total. The van der Waals surface area contributed by atoms with Crippen LogP contribution in [-0.2, 0) is 10.0 Å². The number of sulfonamides is 1. The molecule has 1 N–H and O–H groups in total. The van der Waals surface area contributed by atoms with Crippen molar-refractivity contribution in [3.8, 4) is 0 Å². The van der Waals surface area contributed by atoms with Gasteiger partial charge in [-0.1, -0.05) is 13.0 Å². The zero-order valence-electron chi connectivity index (χ0n) is 12.1. The second kappa shape index (κ2) is 6.08. The van der Waals surface area contributed by atoms with Gasteiger partial charge in [0.1, 0.15) is 0 Å². The van der Waals surface area contributed by atoms with E-state index in [4.69, 9.17) is 0 Å². The zero-order chi connectivity index (χ0) is 15.6. The second-order valence-corrected chi connectivity index (χ2v) is 6.99. The fourth-order valence-corrected chi connectivity index (χ4v) is 4.26. The quantitative estimate of drug-likeness (QED) is 0.631.